The van der Waals surface area contributed by atoms with Gasteiger partial charge in [-0.2, -0.15) is 0 Å². The Morgan fingerprint density at radius 1 is 1.50 bits per heavy atom. The van der Waals surface area contributed by atoms with Crippen LogP contribution in [0.1, 0.15) is 30.9 Å². The normalized spacial score (nSPS) is 19.6. The Labute approximate surface area is 94.3 Å². The average molecular weight is 225 g/mol. The van der Waals surface area contributed by atoms with E-state index in [1.54, 1.807) is 6.07 Å². The summed E-state index contributed by atoms with van der Waals surface area (Å²) in [6.07, 6.45) is 4.41. The van der Waals surface area contributed by atoms with Crippen molar-refractivity contribution in [3.05, 3.63) is 29.8 Å². The molecule has 88 valence electrons. The molecule has 0 amide bonds. The number of rotatable bonds is 3. The lowest BCUT2D eigenvalue weighted by molar-refractivity contribution is 0.0428. The molecule has 1 saturated heterocycles. The average Bonchev–Trinajstić information content (AvgIpc) is 2.31. The van der Waals surface area contributed by atoms with E-state index in [1.165, 1.54) is 6.20 Å². The smallest absolute Gasteiger partial charge is 0.147 e. The molecule has 1 atom stereocenters. The predicted molar refractivity (Wildman–Crippen MR) is 57.3 cm³/mol. The summed E-state index contributed by atoms with van der Waals surface area (Å²) in [7, 11) is 0. The Morgan fingerprint density at radius 2 is 2.25 bits per heavy atom. The first kappa shape index (κ1) is 11.5. The van der Waals surface area contributed by atoms with Gasteiger partial charge < -0.3 is 9.84 Å². The van der Waals surface area contributed by atoms with Crippen molar-refractivity contribution in [2.24, 2.45) is 5.92 Å². The van der Waals surface area contributed by atoms with Gasteiger partial charge in [0.15, 0.2) is 0 Å². The van der Waals surface area contributed by atoms with E-state index < -0.39 is 11.9 Å². The van der Waals surface area contributed by atoms with Gasteiger partial charge in [-0.05, 0) is 31.2 Å². The number of aliphatic hydroxyl groups is 1. The van der Waals surface area contributed by atoms with Gasteiger partial charge in [0.05, 0.1) is 12.3 Å². The monoisotopic (exact) mass is 225 g/mol. The molecule has 2 rings (SSSR count). The van der Waals surface area contributed by atoms with E-state index in [1.807, 2.05) is 0 Å². The molecule has 4 heteroatoms. The van der Waals surface area contributed by atoms with Gasteiger partial charge in [-0.15, -0.1) is 0 Å². The SMILES string of the molecule is OC(CC1CCOCC1)c1ccncc1F. The minimum atomic E-state index is -0.730. The first-order valence-corrected chi connectivity index (χ1v) is 5.62. The van der Waals surface area contributed by atoms with Gasteiger partial charge >= 0.3 is 0 Å². The Morgan fingerprint density at radius 3 is 2.94 bits per heavy atom. The zero-order chi connectivity index (χ0) is 11.4. The highest BCUT2D eigenvalue weighted by Gasteiger charge is 2.20. The molecular formula is C12H16FNO2. The topological polar surface area (TPSA) is 42.4 Å². The maximum Gasteiger partial charge on any atom is 0.147 e. The zero-order valence-electron chi connectivity index (χ0n) is 9.10. The molecule has 0 radical (unpaired) electrons. The Balaban J connectivity index is 1.96. The number of aromatic nitrogens is 1. The van der Waals surface area contributed by atoms with Crippen LogP contribution < -0.4 is 0 Å². The van der Waals surface area contributed by atoms with E-state index >= 15 is 0 Å². The van der Waals surface area contributed by atoms with Gasteiger partial charge in [-0.1, -0.05) is 0 Å². The summed E-state index contributed by atoms with van der Waals surface area (Å²) in [5.74, 6) is -0.00150. The van der Waals surface area contributed by atoms with Crippen LogP contribution in [0.5, 0.6) is 0 Å². The fourth-order valence-corrected chi connectivity index (χ4v) is 2.08. The molecule has 1 aliphatic rings. The highest BCUT2D eigenvalue weighted by Crippen LogP contribution is 2.28. The summed E-state index contributed by atoms with van der Waals surface area (Å²) in [5, 5.41) is 9.95. The summed E-state index contributed by atoms with van der Waals surface area (Å²) in [6.45, 7) is 1.49. The van der Waals surface area contributed by atoms with Crippen LogP contribution in [0.3, 0.4) is 0 Å². The number of nitrogens with zero attached hydrogens (tertiary/aromatic N) is 1. The first-order valence-electron chi connectivity index (χ1n) is 5.62. The molecule has 1 aliphatic heterocycles. The van der Waals surface area contributed by atoms with Crippen molar-refractivity contribution in [1.82, 2.24) is 4.98 Å². The summed E-state index contributed by atoms with van der Waals surface area (Å²) in [4.78, 5) is 3.67. The van der Waals surface area contributed by atoms with Crippen LogP contribution in [0, 0.1) is 11.7 Å². The molecule has 16 heavy (non-hydrogen) atoms. The number of ether oxygens (including phenoxy) is 1. The molecule has 1 aromatic heterocycles. The number of hydrogen-bond acceptors (Lipinski definition) is 3. The van der Waals surface area contributed by atoms with Gasteiger partial charge in [0.25, 0.3) is 0 Å². The number of hydrogen-bond donors (Lipinski definition) is 1. The minimum Gasteiger partial charge on any atom is -0.388 e. The minimum absolute atomic E-state index is 0.349. The first-order chi connectivity index (χ1) is 7.77. The molecule has 1 aromatic rings. The second kappa shape index (κ2) is 5.37. The molecule has 2 heterocycles. The highest BCUT2D eigenvalue weighted by atomic mass is 19.1. The molecule has 0 bridgehead atoms. The third-order valence-electron chi connectivity index (χ3n) is 3.06. The van der Waals surface area contributed by atoms with Gasteiger partial charge in [0.1, 0.15) is 5.82 Å². The summed E-state index contributed by atoms with van der Waals surface area (Å²) < 4.78 is 18.6. The summed E-state index contributed by atoms with van der Waals surface area (Å²) >= 11 is 0. The summed E-state index contributed by atoms with van der Waals surface area (Å²) in [6, 6.07) is 1.54. The lowest BCUT2D eigenvalue weighted by Crippen LogP contribution is -2.18. The van der Waals surface area contributed by atoms with Crippen molar-refractivity contribution in [3.8, 4) is 0 Å². The maximum absolute atomic E-state index is 13.3. The van der Waals surface area contributed by atoms with Crippen LogP contribution in [0.25, 0.3) is 0 Å². The van der Waals surface area contributed by atoms with Crippen LogP contribution >= 0.6 is 0 Å². The van der Waals surface area contributed by atoms with Crippen molar-refractivity contribution in [1.29, 1.82) is 0 Å². The van der Waals surface area contributed by atoms with E-state index in [4.69, 9.17) is 4.74 Å². The zero-order valence-corrected chi connectivity index (χ0v) is 9.10. The lowest BCUT2D eigenvalue weighted by Gasteiger charge is -2.24. The summed E-state index contributed by atoms with van der Waals surface area (Å²) in [5.41, 5.74) is 0.349. The van der Waals surface area contributed by atoms with Crippen LogP contribution in [0.4, 0.5) is 4.39 Å². The van der Waals surface area contributed by atoms with Crippen LogP contribution in [-0.2, 0) is 4.74 Å². The predicted octanol–water partition coefficient (Wildman–Crippen LogP) is 2.07. The molecule has 1 unspecified atom stereocenters. The van der Waals surface area contributed by atoms with Crippen molar-refractivity contribution >= 4 is 0 Å². The molecule has 1 N–H and O–H groups in total. The molecule has 3 nitrogen and oxygen atoms in total. The molecule has 0 spiro atoms. The fourth-order valence-electron chi connectivity index (χ4n) is 2.08. The fraction of sp³-hybridized carbons (Fsp3) is 0.583. The Bertz CT molecular complexity index is 340. The van der Waals surface area contributed by atoms with E-state index in [2.05, 4.69) is 4.98 Å². The van der Waals surface area contributed by atoms with Crippen LogP contribution in [0.15, 0.2) is 18.5 Å². The molecular weight excluding hydrogens is 209 g/mol. The van der Waals surface area contributed by atoms with E-state index in [0.717, 1.165) is 32.3 Å². The van der Waals surface area contributed by atoms with E-state index in [0.29, 0.717) is 17.9 Å². The van der Waals surface area contributed by atoms with Crippen molar-refractivity contribution in [3.63, 3.8) is 0 Å². The number of halogens is 1. The third-order valence-corrected chi connectivity index (χ3v) is 3.06. The van der Waals surface area contributed by atoms with Gasteiger partial charge in [0.2, 0.25) is 0 Å². The molecule has 1 fully saturated rings. The van der Waals surface area contributed by atoms with Crippen molar-refractivity contribution in [2.45, 2.75) is 25.4 Å². The van der Waals surface area contributed by atoms with Gasteiger partial charge in [-0.3, -0.25) is 4.98 Å². The number of pyridine rings is 1. The second-order valence-corrected chi connectivity index (χ2v) is 4.20. The third kappa shape index (κ3) is 2.77. The maximum atomic E-state index is 13.3. The molecule has 0 aliphatic carbocycles. The van der Waals surface area contributed by atoms with Gasteiger partial charge in [-0.25, -0.2) is 4.39 Å². The van der Waals surface area contributed by atoms with E-state index in [-0.39, 0.29) is 0 Å². The van der Waals surface area contributed by atoms with Crippen molar-refractivity contribution in [2.75, 3.05) is 13.2 Å². The van der Waals surface area contributed by atoms with Crippen molar-refractivity contribution < 1.29 is 14.2 Å². The second-order valence-electron chi connectivity index (χ2n) is 4.20. The standard InChI is InChI=1S/C12H16FNO2/c13-11-8-14-4-1-10(11)12(15)7-9-2-5-16-6-3-9/h1,4,8-9,12,15H,2-3,5-7H2. The Kier molecular flexibility index (Phi) is 3.85. The van der Waals surface area contributed by atoms with E-state index in [9.17, 15) is 9.50 Å². The highest BCUT2D eigenvalue weighted by molar-refractivity contribution is 5.15. The quantitative estimate of drug-likeness (QED) is 0.856. The number of aliphatic hydroxyl groups excluding tert-OH is 1. The molecule has 0 saturated carbocycles. The van der Waals surface area contributed by atoms with Gasteiger partial charge in [0, 0.05) is 25.0 Å². The van der Waals surface area contributed by atoms with Crippen LogP contribution in [-0.4, -0.2) is 23.3 Å². The Hall–Kier alpha value is -1.00. The molecule has 0 aromatic carbocycles. The van der Waals surface area contributed by atoms with Crippen LogP contribution in [0.2, 0.25) is 0 Å². The lowest BCUT2D eigenvalue weighted by atomic mass is 9.91. The largest absolute Gasteiger partial charge is 0.388 e.